The Morgan fingerprint density at radius 1 is 0.953 bits per heavy atom. The number of methoxy groups -OCH3 is 1. The molecule has 1 fully saturated rings. The number of fused-ring (bicyclic) bond motifs is 2. The van der Waals surface area contributed by atoms with E-state index in [9.17, 15) is 26.3 Å². The number of rotatable bonds is 4. The van der Waals surface area contributed by atoms with E-state index in [2.05, 4.69) is 57.3 Å². The number of imidazole rings is 1. The van der Waals surface area contributed by atoms with Gasteiger partial charge < -0.3 is 19.5 Å². The van der Waals surface area contributed by atoms with Gasteiger partial charge in [0.2, 0.25) is 0 Å². The summed E-state index contributed by atoms with van der Waals surface area (Å²) in [6, 6.07) is 12.7. The second-order valence-corrected chi connectivity index (χ2v) is 10.8. The highest BCUT2D eigenvalue weighted by Gasteiger charge is 2.45. The monoisotopic (exact) mass is 636 g/mol. The molecule has 2 aliphatic rings. The Labute approximate surface area is 246 Å². The van der Waals surface area contributed by atoms with Gasteiger partial charge in [-0.3, -0.25) is 9.80 Å². The van der Waals surface area contributed by atoms with E-state index in [1.807, 2.05) is 23.5 Å². The molecule has 5 rings (SSSR count). The number of alkyl halides is 6. The van der Waals surface area contributed by atoms with Crippen molar-refractivity contribution in [3.05, 3.63) is 58.7 Å². The standard InChI is InChI=1S/C23H28N4OS.2C2HF3O2/c1-25-13-14-27-21(18-5-7-19(28-2)8-6-18)16-24-22(27)23(25)9-11-26(12-10-23)17-20-4-3-15-29-20;2*3-2(4,5)1(6)7/h3-8,15-16H,9-14,17H2,1-2H3;2*(H,6,7). The molecule has 0 aliphatic carbocycles. The number of carboxylic acid groups (broad SMARTS) is 2. The lowest BCUT2D eigenvalue weighted by Gasteiger charge is -2.49. The molecule has 3 aromatic rings. The summed E-state index contributed by atoms with van der Waals surface area (Å²) in [4.78, 5) is 29.4. The molecule has 0 amide bonds. The molecule has 4 heterocycles. The smallest absolute Gasteiger partial charge is 0.490 e. The van der Waals surface area contributed by atoms with Gasteiger partial charge in [0.25, 0.3) is 0 Å². The number of halogens is 6. The summed E-state index contributed by atoms with van der Waals surface area (Å²) >= 11 is 1.86. The Morgan fingerprint density at radius 3 is 1.98 bits per heavy atom. The Balaban J connectivity index is 0.000000303. The van der Waals surface area contributed by atoms with Crippen LogP contribution in [0.25, 0.3) is 11.3 Å². The van der Waals surface area contributed by atoms with E-state index < -0.39 is 24.3 Å². The number of piperidine rings is 1. The lowest BCUT2D eigenvalue weighted by atomic mass is 9.83. The number of likely N-dealkylation sites (tertiary alicyclic amines) is 1. The average Bonchev–Trinajstić information content (AvgIpc) is 3.62. The molecule has 1 spiro atoms. The first-order chi connectivity index (χ1) is 20.1. The van der Waals surface area contributed by atoms with Crippen LogP contribution in [0.5, 0.6) is 5.75 Å². The van der Waals surface area contributed by atoms with Gasteiger partial charge in [0.1, 0.15) is 11.6 Å². The average molecular weight is 637 g/mol. The van der Waals surface area contributed by atoms with Crippen LogP contribution in [0.4, 0.5) is 26.3 Å². The van der Waals surface area contributed by atoms with Gasteiger partial charge in [0.05, 0.1) is 24.5 Å². The Hall–Kier alpha value is -3.63. The first kappa shape index (κ1) is 33.9. The number of likely N-dealkylation sites (N-methyl/N-ethyl adjacent to an activating group) is 1. The number of aliphatic carboxylic acids is 2. The normalized spacial score (nSPS) is 16.7. The molecule has 2 N–H and O–H groups in total. The molecule has 0 radical (unpaired) electrons. The fraction of sp³-hybridized carbons (Fsp3) is 0.444. The number of ether oxygens (including phenoxy) is 1. The number of carbonyl (C=O) groups is 2. The summed E-state index contributed by atoms with van der Waals surface area (Å²) < 4.78 is 71.2. The summed E-state index contributed by atoms with van der Waals surface area (Å²) in [6.07, 6.45) is -5.84. The minimum atomic E-state index is -5.08. The third-order valence-electron chi connectivity index (χ3n) is 7.18. The van der Waals surface area contributed by atoms with Gasteiger partial charge in [0.15, 0.2) is 0 Å². The zero-order chi connectivity index (χ0) is 32.0. The third kappa shape index (κ3) is 8.48. The summed E-state index contributed by atoms with van der Waals surface area (Å²) in [6.45, 7) is 5.37. The Bertz CT molecular complexity index is 1330. The molecular formula is C27H30F6N4O5S. The highest BCUT2D eigenvalue weighted by Crippen LogP contribution is 2.42. The van der Waals surface area contributed by atoms with E-state index in [-0.39, 0.29) is 5.54 Å². The maximum Gasteiger partial charge on any atom is 0.490 e. The van der Waals surface area contributed by atoms with E-state index in [4.69, 9.17) is 29.5 Å². The molecule has 236 valence electrons. The fourth-order valence-corrected chi connectivity index (χ4v) is 5.66. The van der Waals surface area contributed by atoms with Gasteiger partial charge in [-0.15, -0.1) is 11.3 Å². The van der Waals surface area contributed by atoms with Gasteiger partial charge >= 0.3 is 24.3 Å². The van der Waals surface area contributed by atoms with Crippen LogP contribution in [0.1, 0.15) is 23.5 Å². The summed E-state index contributed by atoms with van der Waals surface area (Å²) in [5.74, 6) is -3.38. The van der Waals surface area contributed by atoms with E-state index in [1.165, 1.54) is 22.0 Å². The maximum atomic E-state index is 10.6. The number of nitrogens with zero attached hydrogens (tertiary/aromatic N) is 4. The predicted octanol–water partition coefficient (Wildman–Crippen LogP) is 5.32. The molecule has 16 heteroatoms. The maximum absolute atomic E-state index is 10.6. The number of aromatic nitrogens is 2. The number of benzene rings is 1. The van der Waals surface area contributed by atoms with Gasteiger partial charge in [-0.05, 0) is 55.6 Å². The van der Waals surface area contributed by atoms with E-state index in [0.717, 1.165) is 51.3 Å². The minimum absolute atomic E-state index is 0.0505. The quantitative estimate of drug-likeness (QED) is 0.371. The molecule has 0 atom stereocenters. The number of hydrogen-bond acceptors (Lipinski definition) is 7. The van der Waals surface area contributed by atoms with Crippen LogP contribution in [-0.2, 0) is 28.2 Å². The van der Waals surface area contributed by atoms with Crippen LogP contribution in [0.3, 0.4) is 0 Å². The Kier molecular flexibility index (Phi) is 10.8. The van der Waals surface area contributed by atoms with Crippen molar-refractivity contribution in [2.45, 2.75) is 43.8 Å². The summed E-state index contributed by atoms with van der Waals surface area (Å²) in [5, 5.41) is 16.4. The van der Waals surface area contributed by atoms with Crippen molar-refractivity contribution in [3.8, 4) is 17.0 Å². The molecule has 1 aromatic carbocycles. The van der Waals surface area contributed by atoms with Crippen molar-refractivity contribution >= 4 is 23.3 Å². The molecule has 0 saturated carbocycles. The van der Waals surface area contributed by atoms with Crippen LogP contribution >= 0.6 is 11.3 Å². The van der Waals surface area contributed by atoms with E-state index in [0.29, 0.717) is 0 Å². The van der Waals surface area contributed by atoms with Crippen molar-refractivity contribution < 1.29 is 50.9 Å². The highest BCUT2D eigenvalue weighted by atomic mass is 32.1. The molecule has 43 heavy (non-hydrogen) atoms. The van der Waals surface area contributed by atoms with Crippen molar-refractivity contribution in [1.82, 2.24) is 19.4 Å². The van der Waals surface area contributed by atoms with E-state index >= 15 is 0 Å². The third-order valence-corrected chi connectivity index (χ3v) is 8.04. The summed E-state index contributed by atoms with van der Waals surface area (Å²) in [5.41, 5.74) is 2.48. The number of thiophene rings is 1. The minimum Gasteiger partial charge on any atom is -0.497 e. The molecule has 0 bridgehead atoms. The van der Waals surface area contributed by atoms with Gasteiger partial charge in [0, 0.05) is 43.2 Å². The fourth-order valence-electron chi connectivity index (χ4n) is 4.91. The molecular weight excluding hydrogens is 606 g/mol. The SMILES string of the molecule is COc1ccc(-c2cnc3n2CCN(C)C32CCN(Cc3cccs3)CC2)cc1.O=C(O)C(F)(F)F.O=C(O)C(F)(F)F. The molecule has 2 aliphatic heterocycles. The predicted molar refractivity (Wildman–Crippen MR) is 145 cm³/mol. The Morgan fingerprint density at radius 2 is 1.51 bits per heavy atom. The topological polar surface area (TPSA) is 108 Å². The van der Waals surface area contributed by atoms with Crippen LogP contribution in [-0.4, -0.2) is 87.6 Å². The largest absolute Gasteiger partial charge is 0.497 e. The van der Waals surface area contributed by atoms with Gasteiger partial charge in [-0.2, -0.15) is 26.3 Å². The van der Waals surface area contributed by atoms with Crippen molar-refractivity contribution in [2.75, 3.05) is 33.8 Å². The second kappa shape index (κ2) is 13.8. The van der Waals surface area contributed by atoms with Crippen LogP contribution in [0.2, 0.25) is 0 Å². The van der Waals surface area contributed by atoms with Crippen LogP contribution in [0, 0.1) is 0 Å². The van der Waals surface area contributed by atoms with Crippen molar-refractivity contribution in [2.24, 2.45) is 0 Å². The lowest BCUT2D eigenvalue weighted by Crippen LogP contribution is -2.56. The molecule has 2 aromatic heterocycles. The van der Waals surface area contributed by atoms with Gasteiger partial charge in [-0.25, -0.2) is 14.6 Å². The van der Waals surface area contributed by atoms with E-state index in [1.54, 1.807) is 7.11 Å². The van der Waals surface area contributed by atoms with Crippen LogP contribution < -0.4 is 4.74 Å². The van der Waals surface area contributed by atoms with Gasteiger partial charge in [-0.1, -0.05) is 6.07 Å². The first-order valence-corrected chi connectivity index (χ1v) is 13.7. The van der Waals surface area contributed by atoms with Crippen molar-refractivity contribution in [3.63, 3.8) is 0 Å². The molecule has 9 nitrogen and oxygen atoms in total. The first-order valence-electron chi connectivity index (χ1n) is 12.8. The zero-order valence-corrected chi connectivity index (χ0v) is 24.0. The molecule has 0 unspecified atom stereocenters. The highest BCUT2D eigenvalue weighted by molar-refractivity contribution is 7.09. The van der Waals surface area contributed by atoms with Crippen molar-refractivity contribution in [1.29, 1.82) is 0 Å². The second-order valence-electron chi connectivity index (χ2n) is 9.76. The number of carboxylic acids is 2. The number of hydrogen-bond donors (Lipinski definition) is 2. The zero-order valence-electron chi connectivity index (χ0n) is 23.2. The van der Waals surface area contributed by atoms with Crippen LogP contribution in [0.15, 0.2) is 48.0 Å². The lowest BCUT2D eigenvalue weighted by molar-refractivity contribution is -0.193. The molecule has 1 saturated heterocycles. The summed E-state index contributed by atoms with van der Waals surface area (Å²) in [7, 11) is 3.99.